The second-order valence-corrected chi connectivity index (χ2v) is 21.7. The molecule has 0 bridgehead atoms. The van der Waals surface area contributed by atoms with Gasteiger partial charge in [-0.2, -0.15) is 0 Å². The highest BCUT2D eigenvalue weighted by Crippen LogP contribution is 2.27. The fraction of sp³-hybridized carbons (Fsp3) is 0.934. The van der Waals surface area contributed by atoms with Gasteiger partial charge in [0.2, 0.25) is 0 Å². The Morgan fingerprint density at radius 1 is 0.397 bits per heavy atom. The van der Waals surface area contributed by atoms with Crippen molar-refractivity contribution in [3.05, 3.63) is 0 Å². The average molecular weight is 1040 g/mol. The van der Waals surface area contributed by atoms with Crippen LogP contribution in [0.25, 0.3) is 0 Å². The van der Waals surface area contributed by atoms with Gasteiger partial charge in [-0.15, -0.1) is 0 Å². The van der Waals surface area contributed by atoms with Gasteiger partial charge in [-0.05, 0) is 19.3 Å². The molecule has 6 atom stereocenters. The number of carboxylic acid groups (broad SMARTS) is 1. The Morgan fingerprint density at radius 2 is 0.699 bits per heavy atom. The van der Waals surface area contributed by atoms with E-state index in [2.05, 4.69) is 20.8 Å². The Kier molecular flexibility index (Phi) is 47.6. The number of aliphatic carboxylic acids is 1. The molecule has 1 fully saturated rings. The minimum Gasteiger partial charge on any atom is -0.479 e. The summed E-state index contributed by atoms with van der Waals surface area (Å²) in [7, 11) is 0. The van der Waals surface area contributed by atoms with Crippen molar-refractivity contribution >= 4 is 23.9 Å². The van der Waals surface area contributed by atoms with Gasteiger partial charge in [-0.1, -0.05) is 278 Å². The first kappa shape index (κ1) is 68.7. The lowest BCUT2D eigenvalue weighted by atomic mass is 9.98. The molecule has 0 amide bonds. The summed E-state index contributed by atoms with van der Waals surface area (Å²) in [6.45, 7) is 6.04. The number of rotatable bonds is 54. The van der Waals surface area contributed by atoms with Gasteiger partial charge in [0.15, 0.2) is 24.6 Å². The summed E-state index contributed by atoms with van der Waals surface area (Å²) in [5.41, 5.74) is 0. The lowest BCUT2D eigenvalue weighted by Crippen LogP contribution is -2.61. The molecular formula is C61H114O12. The zero-order chi connectivity index (χ0) is 53.3. The second-order valence-electron chi connectivity index (χ2n) is 21.7. The van der Waals surface area contributed by atoms with Gasteiger partial charge in [0.25, 0.3) is 0 Å². The molecule has 1 saturated heterocycles. The van der Waals surface area contributed by atoms with Crippen LogP contribution in [0, 0.1) is 0 Å². The summed E-state index contributed by atoms with van der Waals surface area (Å²) >= 11 is 0. The maximum atomic E-state index is 13.1. The third-order valence-corrected chi connectivity index (χ3v) is 14.7. The molecule has 1 rings (SSSR count). The highest BCUT2D eigenvalue weighted by molar-refractivity contribution is 5.74. The van der Waals surface area contributed by atoms with Crippen LogP contribution in [0.4, 0.5) is 0 Å². The summed E-state index contributed by atoms with van der Waals surface area (Å²) in [5, 5.41) is 31.5. The first-order valence-corrected chi connectivity index (χ1v) is 31.0. The summed E-state index contributed by atoms with van der Waals surface area (Å²) in [6.07, 6.45) is 42.1. The molecule has 12 nitrogen and oxygen atoms in total. The Hall–Kier alpha value is -2.28. The van der Waals surface area contributed by atoms with Crippen molar-refractivity contribution in [2.24, 2.45) is 0 Å². The van der Waals surface area contributed by atoms with Crippen LogP contribution in [0.5, 0.6) is 0 Å². The van der Waals surface area contributed by atoms with Crippen LogP contribution >= 0.6 is 0 Å². The summed E-state index contributed by atoms with van der Waals surface area (Å²) in [5.74, 6) is -3.07. The molecule has 1 aliphatic heterocycles. The van der Waals surface area contributed by atoms with E-state index in [1.54, 1.807) is 0 Å². The number of esters is 3. The van der Waals surface area contributed by atoms with E-state index in [1.807, 2.05) is 0 Å². The molecule has 0 radical (unpaired) electrons. The third kappa shape index (κ3) is 40.6. The zero-order valence-electron chi connectivity index (χ0n) is 47.4. The minimum atomic E-state index is -1.89. The molecule has 12 heteroatoms. The summed E-state index contributed by atoms with van der Waals surface area (Å²) < 4.78 is 28.5. The highest BCUT2D eigenvalue weighted by Gasteiger charge is 2.50. The van der Waals surface area contributed by atoms with E-state index in [4.69, 9.17) is 23.7 Å². The first-order chi connectivity index (χ1) is 35.6. The second kappa shape index (κ2) is 50.5. The van der Waals surface area contributed by atoms with Gasteiger partial charge in [-0.25, -0.2) is 4.79 Å². The Labute approximate surface area is 446 Å². The van der Waals surface area contributed by atoms with Crippen LogP contribution < -0.4 is 0 Å². The number of carbonyl (C=O) groups excluding carboxylic acids is 3. The monoisotopic (exact) mass is 1040 g/mol. The van der Waals surface area contributed by atoms with Crippen molar-refractivity contribution < 1.29 is 58.2 Å². The fourth-order valence-corrected chi connectivity index (χ4v) is 9.90. The lowest BCUT2D eigenvalue weighted by Gasteiger charge is -2.40. The number of unbranched alkanes of at least 4 members (excludes halogenated alkanes) is 40. The van der Waals surface area contributed by atoms with Crippen molar-refractivity contribution in [2.45, 2.75) is 353 Å². The molecule has 0 aromatic heterocycles. The largest absolute Gasteiger partial charge is 0.479 e. The predicted molar refractivity (Wildman–Crippen MR) is 294 cm³/mol. The summed E-state index contributed by atoms with van der Waals surface area (Å²) in [6, 6.07) is 0. The Morgan fingerprint density at radius 3 is 1.03 bits per heavy atom. The topological polar surface area (TPSA) is 175 Å². The molecule has 0 aliphatic carbocycles. The molecular weight excluding hydrogens is 925 g/mol. The van der Waals surface area contributed by atoms with E-state index in [1.165, 1.54) is 199 Å². The lowest BCUT2D eigenvalue weighted by molar-refractivity contribution is -0.301. The van der Waals surface area contributed by atoms with Crippen molar-refractivity contribution in [3.63, 3.8) is 0 Å². The predicted octanol–water partition coefficient (Wildman–Crippen LogP) is 15.9. The van der Waals surface area contributed by atoms with Gasteiger partial charge in [0, 0.05) is 19.3 Å². The Balaban J connectivity index is 2.62. The molecule has 0 aromatic carbocycles. The zero-order valence-corrected chi connectivity index (χ0v) is 47.4. The molecule has 6 unspecified atom stereocenters. The SMILES string of the molecule is CCCCCCCCCCCCCCCCCCCC(=O)OCC(COC1OC(C(=O)O)C(O)C(O)C1OC(=O)CCCCCCCCCCCCCCCCC)OC(=O)CCCCCCCCCCCCC. The van der Waals surface area contributed by atoms with E-state index in [0.29, 0.717) is 19.3 Å². The quantitative estimate of drug-likeness (QED) is 0.0299. The van der Waals surface area contributed by atoms with Gasteiger partial charge in [0.05, 0.1) is 6.61 Å². The number of ether oxygens (including phenoxy) is 5. The van der Waals surface area contributed by atoms with Gasteiger partial charge >= 0.3 is 23.9 Å². The van der Waals surface area contributed by atoms with E-state index < -0.39 is 67.3 Å². The van der Waals surface area contributed by atoms with Crippen molar-refractivity contribution in [1.82, 2.24) is 0 Å². The van der Waals surface area contributed by atoms with E-state index in [-0.39, 0.29) is 25.9 Å². The normalized spacial score (nSPS) is 18.2. The van der Waals surface area contributed by atoms with Crippen LogP contribution in [0.2, 0.25) is 0 Å². The first-order valence-electron chi connectivity index (χ1n) is 31.0. The molecule has 73 heavy (non-hydrogen) atoms. The molecule has 0 aromatic rings. The fourth-order valence-electron chi connectivity index (χ4n) is 9.90. The van der Waals surface area contributed by atoms with E-state index in [9.17, 15) is 34.5 Å². The standard InChI is InChI=1S/C61H114O12/c1-4-7-10-13-16-19-22-24-26-27-29-30-33-35-38-41-44-47-53(62)69-50-52(71-54(63)48-45-42-39-36-32-21-18-15-12-9-6-3)51-70-61-59(57(66)56(65)58(73-61)60(67)68)72-55(64)49-46-43-40-37-34-31-28-25-23-20-17-14-11-8-5-2/h52,56-59,61,65-66H,4-51H2,1-3H3,(H,67,68). The van der Waals surface area contributed by atoms with Gasteiger partial charge in [0.1, 0.15) is 18.8 Å². The third-order valence-electron chi connectivity index (χ3n) is 14.7. The van der Waals surface area contributed by atoms with Gasteiger partial charge < -0.3 is 39.0 Å². The van der Waals surface area contributed by atoms with Crippen LogP contribution in [-0.4, -0.2) is 89.2 Å². The highest BCUT2D eigenvalue weighted by atomic mass is 16.7. The Bertz CT molecular complexity index is 1280. The number of hydrogen-bond donors (Lipinski definition) is 3. The summed E-state index contributed by atoms with van der Waals surface area (Å²) in [4.78, 5) is 51.1. The number of carbonyl (C=O) groups is 4. The van der Waals surface area contributed by atoms with Gasteiger partial charge in [-0.3, -0.25) is 14.4 Å². The van der Waals surface area contributed by atoms with Crippen LogP contribution in [0.15, 0.2) is 0 Å². The number of aliphatic hydroxyl groups excluding tert-OH is 2. The van der Waals surface area contributed by atoms with Crippen molar-refractivity contribution in [1.29, 1.82) is 0 Å². The van der Waals surface area contributed by atoms with Crippen LogP contribution in [0.3, 0.4) is 0 Å². The number of hydrogen-bond acceptors (Lipinski definition) is 11. The number of aliphatic hydroxyl groups is 2. The number of carboxylic acids is 1. The maximum absolute atomic E-state index is 13.1. The van der Waals surface area contributed by atoms with Crippen LogP contribution in [0.1, 0.15) is 316 Å². The molecule has 1 aliphatic rings. The molecule has 430 valence electrons. The van der Waals surface area contributed by atoms with Crippen molar-refractivity contribution in [3.8, 4) is 0 Å². The van der Waals surface area contributed by atoms with E-state index in [0.717, 1.165) is 57.8 Å². The molecule has 3 N–H and O–H groups in total. The van der Waals surface area contributed by atoms with Crippen molar-refractivity contribution in [2.75, 3.05) is 13.2 Å². The minimum absolute atomic E-state index is 0.0708. The molecule has 1 heterocycles. The van der Waals surface area contributed by atoms with E-state index >= 15 is 0 Å². The van der Waals surface area contributed by atoms with Crippen LogP contribution in [-0.2, 0) is 42.9 Å². The smallest absolute Gasteiger partial charge is 0.335 e. The maximum Gasteiger partial charge on any atom is 0.335 e. The molecule has 0 saturated carbocycles. The molecule has 0 spiro atoms. The average Bonchev–Trinajstić information content (AvgIpc) is 3.37.